The number of rotatable bonds is 10. The van der Waals surface area contributed by atoms with E-state index >= 15 is 0 Å². The Labute approximate surface area is 249 Å². The van der Waals surface area contributed by atoms with Crippen LogP contribution in [0.4, 0.5) is 0 Å². The quantitative estimate of drug-likeness (QED) is 0.252. The lowest BCUT2D eigenvalue weighted by molar-refractivity contribution is -0.162. The fourth-order valence-electron chi connectivity index (χ4n) is 5.54. The molecule has 1 aromatic rings. The number of thioether (sulfide) groups is 1. The average Bonchev–Trinajstić information content (AvgIpc) is 3.46. The molecule has 1 saturated heterocycles. The second-order valence-corrected chi connectivity index (χ2v) is 25.2. The first kappa shape index (κ1) is 31.6. The van der Waals surface area contributed by atoms with Gasteiger partial charge in [-0.15, -0.1) is 11.3 Å². The third-order valence-corrected chi connectivity index (χ3v) is 16.5. The molecule has 0 saturated carbocycles. The Bertz CT molecular complexity index is 1230. The number of fused-ring (bicyclic) bond motifs is 1. The molecule has 1 N–H and O–H groups in total. The number of carboxylic acids is 1. The lowest BCUT2D eigenvalue weighted by atomic mass is 9.79. The van der Waals surface area contributed by atoms with Gasteiger partial charge in [0.25, 0.3) is 0 Å². The van der Waals surface area contributed by atoms with Gasteiger partial charge in [-0.3, -0.25) is 9.69 Å². The number of hydrogen-bond acceptors (Lipinski definition) is 8. The van der Waals surface area contributed by atoms with Gasteiger partial charge in [0.2, 0.25) is 5.91 Å². The summed E-state index contributed by atoms with van der Waals surface area (Å²) >= 11 is 2.91. The molecule has 0 bridgehead atoms. The highest BCUT2D eigenvalue weighted by molar-refractivity contribution is 8.04. The number of nitrogens with zero attached hydrogens (tertiary/aromatic N) is 3. The highest BCUT2D eigenvalue weighted by atomic mass is 32.2. The van der Waals surface area contributed by atoms with E-state index in [2.05, 4.69) is 76.9 Å². The van der Waals surface area contributed by atoms with Gasteiger partial charge in [0.1, 0.15) is 5.70 Å². The molecule has 0 spiro atoms. The van der Waals surface area contributed by atoms with Gasteiger partial charge in [0.15, 0.2) is 21.0 Å². The van der Waals surface area contributed by atoms with Crippen LogP contribution in [0.25, 0.3) is 5.57 Å². The molecule has 0 aliphatic carbocycles. The van der Waals surface area contributed by atoms with Crippen molar-refractivity contribution >= 4 is 57.2 Å². The summed E-state index contributed by atoms with van der Waals surface area (Å²) in [5.41, 5.74) is 2.17. The molecule has 1 amide bonds. The Morgan fingerprint density at radius 2 is 1.93 bits per heavy atom. The summed E-state index contributed by atoms with van der Waals surface area (Å²) in [5, 5.41) is 12.3. The van der Waals surface area contributed by atoms with Gasteiger partial charge in [-0.25, -0.2) is 9.78 Å². The third-order valence-electron chi connectivity index (χ3n) is 8.71. The van der Waals surface area contributed by atoms with Crippen LogP contribution >= 0.6 is 23.1 Å². The molecule has 8 nitrogen and oxygen atoms in total. The smallest absolute Gasteiger partial charge is 0.353 e. The zero-order valence-corrected chi connectivity index (χ0v) is 29.3. The van der Waals surface area contributed by atoms with Gasteiger partial charge in [0.05, 0.1) is 36.4 Å². The highest BCUT2D eigenvalue weighted by Crippen LogP contribution is 2.53. The van der Waals surface area contributed by atoms with Crippen LogP contribution < -0.4 is 0 Å². The van der Waals surface area contributed by atoms with Crippen LogP contribution in [0.2, 0.25) is 37.8 Å². The van der Waals surface area contributed by atoms with Crippen LogP contribution in [0.3, 0.4) is 0 Å². The van der Waals surface area contributed by atoms with Crippen molar-refractivity contribution in [3.05, 3.63) is 27.8 Å². The molecule has 0 aromatic carbocycles. The largest absolute Gasteiger partial charge is 0.477 e. The van der Waals surface area contributed by atoms with Gasteiger partial charge in [-0.1, -0.05) is 45.5 Å². The number of carboxylic acid groups (broad SMARTS) is 1. The maximum Gasteiger partial charge on any atom is 0.353 e. The second kappa shape index (κ2) is 11.1. The van der Waals surface area contributed by atoms with E-state index in [0.29, 0.717) is 11.5 Å². The van der Waals surface area contributed by atoms with Gasteiger partial charge >= 0.3 is 5.97 Å². The number of aliphatic carboxylic acids is 1. The highest BCUT2D eigenvalue weighted by Gasteiger charge is 2.60. The summed E-state index contributed by atoms with van der Waals surface area (Å²) in [6, 6.07) is -0.0728. The van der Waals surface area contributed by atoms with E-state index in [4.69, 9.17) is 13.8 Å². The zero-order valence-electron chi connectivity index (χ0n) is 25.7. The Kier molecular flexibility index (Phi) is 8.77. The summed E-state index contributed by atoms with van der Waals surface area (Å²) in [7, 11) is -1.64. The van der Waals surface area contributed by atoms with Crippen molar-refractivity contribution < 1.29 is 23.5 Å². The number of β-lactam (4-membered cyclic amide) rings is 1. The lowest BCUT2D eigenvalue weighted by Crippen LogP contribution is -2.64. The van der Waals surface area contributed by atoms with E-state index in [-0.39, 0.29) is 46.7 Å². The fraction of sp³-hybridized carbons (Fsp3) is 0.679. The molecule has 3 aliphatic rings. The molecule has 1 fully saturated rings. The average molecular weight is 624 g/mol. The van der Waals surface area contributed by atoms with Crippen molar-refractivity contribution in [2.24, 2.45) is 11.8 Å². The molecule has 0 unspecified atom stereocenters. The first-order valence-electron chi connectivity index (χ1n) is 14.0. The summed E-state index contributed by atoms with van der Waals surface area (Å²) < 4.78 is 13.6. The topological polar surface area (TPSA) is 92.2 Å². The van der Waals surface area contributed by atoms with Crippen LogP contribution in [-0.2, 0) is 18.4 Å². The molecule has 12 heteroatoms. The van der Waals surface area contributed by atoms with E-state index in [1.54, 1.807) is 0 Å². The number of thiazole rings is 1. The standard InChI is InChI=1S/C28H45N3O5S2Si2/c1-16-22-21(17(2)36-39(7,8)9)25(32)31(22)23(26(33)34)24(16)38-27-29-19(15-37-27)18-12-13-30(6)20(18)14-35-40(10,11)28(3,4)5/h12,15-17,20-22H,13-14H2,1-11H3,(H,33,34)/t16-,17-,20+,21-,22-/m1/s1. The Hall–Kier alpha value is -1.29. The van der Waals surface area contributed by atoms with Crippen LogP contribution in [0.15, 0.2) is 26.4 Å². The number of aromatic nitrogens is 1. The number of carbonyl (C=O) groups is 2. The molecular weight excluding hydrogens is 579 g/mol. The van der Waals surface area contributed by atoms with E-state index in [1.807, 2.05) is 13.8 Å². The molecule has 222 valence electrons. The minimum Gasteiger partial charge on any atom is -0.477 e. The molecule has 5 atom stereocenters. The predicted molar refractivity (Wildman–Crippen MR) is 167 cm³/mol. The van der Waals surface area contributed by atoms with Crippen LogP contribution in [0.1, 0.15) is 40.3 Å². The summed E-state index contributed by atoms with van der Waals surface area (Å²) in [6.45, 7) is 23.0. The predicted octanol–water partition coefficient (Wildman–Crippen LogP) is 5.97. The number of likely N-dealkylation sites (N-methyl/N-ethyl adjacent to an activating group) is 1. The first-order valence-corrected chi connectivity index (χ1v) is 22.0. The van der Waals surface area contributed by atoms with E-state index in [9.17, 15) is 14.7 Å². The molecule has 40 heavy (non-hydrogen) atoms. The van der Waals surface area contributed by atoms with Crippen LogP contribution in [0, 0.1) is 11.8 Å². The van der Waals surface area contributed by atoms with Crippen molar-refractivity contribution in [1.29, 1.82) is 0 Å². The van der Waals surface area contributed by atoms with E-state index < -0.39 is 22.6 Å². The molecule has 4 rings (SSSR count). The Balaban J connectivity index is 1.52. The fourth-order valence-corrected chi connectivity index (χ4v) is 9.91. The van der Waals surface area contributed by atoms with E-state index in [1.165, 1.54) is 28.0 Å². The van der Waals surface area contributed by atoms with Crippen LogP contribution in [-0.4, -0.2) is 86.8 Å². The molecule has 1 aromatic heterocycles. The molecule has 0 radical (unpaired) electrons. The lowest BCUT2D eigenvalue weighted by Gasteiger charge is -2.48. The van der Waals surface area contributed by atoms with Crippen LogP contribution in [0.5, 0.6) is 0 Å². The van der Waals surface area contributed by atoms with Gasteiger partial charge in [0, 0.05) is 22.7 Å². The van der Waals surface area contributed by atoms with Gasteiger partial charge in [-0.2, -0.15) is 0 Å². The molecule has 4 heterocycles. The van der Waals surface area contributed by atoms with Crippen molar-refractivity contribution in [2.45, 2.75) is 94.9 Å². The first-order chi connectivity index (χ1) is 18.3. The van der Waals surface area contributed by atoms with Crippen molar-refractivity contribution in [3.8, 4) is 0 Å². The Morgan fingerprint density at radius 1 is 1.27 bits per heavy atom. The molecule has 3 aliphatic heterocycles. The van der Waals surface area contributed by atoms with E-state index in [0.717, 1.165) is 22.2 Å². The maximum atomic E-state index is 13.2. The minimum atomic E-state index is -1.89. The summed E-state index contributed by atoms with van der Waals surface area (Å²) in [6.07, 6.45) is 1.98. The number of amides is 1. The molecular formula is C28H45N3O5S2Si2. The van der Waals surface area contributed by atoms with Crippen molar-refractivity contribution in [1.82, 2.24) is 14.8 Å². The van der Waals surface area contributed by atoms with Crippen molar-refractivity contribution in [3.63, 3.8) is 0 Å². The summed E-state index contributed by atoms with van der Waals surface area (Å²) in [4.78, 5) is 35.0. The third kappa shape index (κ3) is 5.95. The maximum absolute atomic E-state index is 13.2. The van der Waals surface area contributed by atoms with Gasteiger partial charge in [-0.05, 0) is 57.3 Å². The zero-order chi connectivity index (χ0) is 29.9. The normalized spacial score (nSPS) is 26.7. The minimum absolute atomic E-state index is 0.0983. The SMILES string of the molecule is C[C@@H](O[Si](C)(C)C)[C@H]1C(=O)N2C(C(=O)O)=C(Sc3nc(C4=CCN(C)[C@H]4CO[Si](C)(C)C(C)(C)C)cs3)[C@H](C)[C@H]12. The Morgan fingerprint density at radius 3 is 2.50 bits per heavy atom. The van der Waals surface area contributed by atoms with Crippen molar-refractivity contribution in [2.75, 3.05) is 20.2 Å². The summed E-state index contributed by atoms with van der Waals surface area (Å²) in [5.74, 6) is -1.66. The number of carbonyl (C=O) groups excluding carboxylic acids is 1. The second-order valence-electron chi connectivity index (χ2n) is 13.8. The number of hydrogen-bond donors (Lipinski definition) is 1. The monoisotopic (exact) mass is 623 g/mol. The van der Waals surface area contributed by atoms with Gasteiger partial charge < -0.3 is 18.9 Å².